The summed E-state index contributed by atoms with van der Waals surface area (Å²) in [6, 6.07) is 23.8. The van der Waals surface area contributed by atoms with Gasteiger partial charge in [-0.3, -0.25) is 9.59 Å². The van der Waals surface area contributed by atoms with E-state index >= 15 is 0 Å². The van der Waals surface area contributed by atoms with Crippen molar-refractivity contribution in [3.05, 3.63) is 100 Å². The Kier molecular flexibility index (Phi) is 9.86. The summed E-state index contributed by atoms with van der Waals surface area (Å²) in [5, 5.41) is 4.05. The lowest BCUT2D eigenvalue weighted by molar-refractivity contribution is -0.143. The highest BCUT2D eigenvalue weighted by molar-refractivity contribution is 6.35. The number of carbonyl (C=O) groups excluding carboxylic acids is 2. The smallest absolute Gasteiger partial charge is 0.261 e. The zero-order valence-electron chi connectivity index (χ0n) is 20.7. The fraction of sp³-hybridized carbons (Fsp3) is 0.333. The van der Waals surface area contributed by atoms with Gasteiger partial charge in [-0.25, -0.2) is 0 Å². The molecule has 0 spiro atoms. The summed E-state index contributed by atoms with van der Waals surface area (Å²) in [7, 11) is 0. The van der Waals surface area contributed by atoms with E-state index < -0.39 is 6.04 Å². The van der Waals surface area contributed by atoms with Gasteiger partial charge in [-0.2, -0.15) is 0 Å². The molecule has 1 aliphatic carbocycles. The lowest BCUT2D eigenvalue weighted by Gasteiger charge is -2.33. The number of ether oxygens (including phenoxy) is 1. The standard InChI is InChI=1S/C30H32Cl2N2O3/c31-24-16-17-28(26(32)19-24)37-21-29(35)34(20-23-12-6-2-7-13-23)27(18-22-10-4-1-5-11-22)30(36)33-25-14-8-3-9-15-25/h1-2,4-7,10-13,16-17,19,25,27H,3,8-9,14-15,18,20-21H2,(H,33,36)/t27-/m0/s1. The van der Waals surface area contributed by atoms with E-state index in [2.05, 4.69) is 5.32 Å². The minimum atomic E-state index is -0.693. The van der Waals surface area contributed by atoms with E-state index in [4.69, 9.17) is 27.9 Å². The SMILES string of the molecule is O=C(NC1CCCCC1)[C@H](Cc1ccccc1)N(Cc1ccccc1)C(=O)COc1ccc(Cl)cc1Cl. The van der Waals surface area contributed by atoms with Gasteiger partial charge in [0.15, 0.2) is 6.61 Å². The van der Waals surface area contributed by atoms with Crippen molar-refractivity contribution in [2.24, 2.45) is 0 Å². The normalized spacial score (nSPS) is 14.5. The molecule has 194 valence electrons. The summed E-state index contributed by atoms with van der Waals surface area (Å²) in [4.78, 5) is 29.0. The van der Waals surface area contributed by atoms with E-state index in [-0.39, 0.29) is 31.0 Å². The quantitative estimate of drug-likeness (QED) is 0.322. The van der Waals surface area contributed by atoms with Gasteiger partial charge in [0.25, 0.3) is 5.91 Å². The predicted molar refractivity (Wildman–Crippen MR) is 148 cm³/mol. The molecule has 5 nitrogen and oxygen atoms in total. The minimum absolute atomic E-state index is 0.135. The molecule has 0 bridgehead atoms. The van der Waals surface area contributed by atoms with Gasteiger partial charge >= 0.3 is 0 Å². The third-order valence-electron chi connectivity index (χ3n) is 6.66. The molecule has 1 N–H and O–H groups in total. The van der Waals surface area contributed by atoms with Crippen molar-refractivity contribution >= 4 is 35.0 Å². The molecule has 1 saturated carbocycles. The lowest BCUT2D eigenvalue weighted by Crippen LogP contribution is -2.53. The highest BCUT2D eigenvalue weighted by atomic mass is 35.5. The van der Waals surface area contributed by atoms with E-state index in [9.17, 15) is 9.59 Å². The van der Waals surface area contributed by atoms with E-state index in [1.54, 1.807) is 23.1 Å². The van der Waals surface area contributed by atoms with Crippen molar-refractivity contribution in [1.82, 2.24) is 10.2 Å². The van der Waals surface area contributed by atoms with E-state index in [0.29, 0.717) is 22.2 Å². The molecule has 1 aliphatic rings. The second kappa shape index (κ2) is 13.5. The summed E-state index contributed by atoms with van der Waals surface area (Å²) in [5.74, 6) is -0.0653. The van der Waals surface area contributed by atoms with Gasteiger partial charge in [-0.05, 0) is 42.2 Å². The van der Waals surface area contributed by atoms with Gasteiger partial charge in [0.05, 0.1) is 5.02 Å². The number of hydrogen-bond donors (Lipinski definition) is 1. The Bertz CT molecular complexity index is 1170. The number of benzene rings is 3. The fourth-order valence-corrected chi connectivity index (χ4v) is 5.16. The van der Waals surface area contributed by atoms with Gasteiger partial charge < -0.3 is 15.0 Å². The number of rotatable bonds is 10. The Morgan fingerprint density at radius 2 is 1.54 bits per heavy atom. The van der Waals surface area contributed by atoms with Crippen molar-refractivity contribution in [3.63, 3.8) is 0 Å². The van der Waals surface area contributed by atoms with E-state index in [0.717, 1.165) is 36.8 Å². The van der Waals surface area contributed by atoms with Crippen molar-refractivity contribution in [2.75, 3.05) is 6.61 Å². The molecule has 1 atom stereocenters. The summed E-state index contributed by atoms with van der Waals surface area (Å²) in [6.45, 7) is 0.0309. The summed E-state index contributed by atoms with van der Waals surface area (Å²) >= 11 is 12.2. The van der Waals surface area contributed by atoms with Gasteiger partial charge in [-0.1, -0.05) is 103 Å². The number of nitrogens with zero attached hydrogens (tertiary/aromatic N) is 1. The van der Waals surface area contributed by atoms with Crippen molar-refractivity contribution in [2.45, 2.75) is 57.2 Å². The molecule has 0 saturated heterocycles. The molecular weight excluding hydrogens is 507 g/mol. The van der Waals surface area contributed by atoms with Crippen LogP contribution in [0, 0.1) is 0 Å². The number of hydrogen-bond acceptors (Lipinski definition) is 3. The van der Waals surface area contributed by atoms with Crippen LogP contribution in [0.2, 0.25) is 10.0 Å². The molecular formula is C30H32Cl2N2O3. The van der Waals surface area contributed by atoms with Gasteiger partial charge in [0.1, 0.15) is 11.8 Å². The van der Waals surface area contributed by atoms with Gasteiger partial charge in [0, 0.05) is 24.0 Å². The predicted octanol–water partition coefficient (Wildman–Crippen LogP) is 6.46. The number of nitrogens with one attached hydrogen (secondary N) is 1. The Hall–Kier alpha value is -3.02. The largest absolute Gasteiger partial charge is 0.482 e. The first kappa shape index (κ1) is 27.0. The maximum atomic E-state index is 13.7. The first-order chi connectivity index (χ1) is 18.0. The molecule has 4 rings (SSSR count). The Balaban J connectivity index is 1.60. The summed E-state index contributed by atoms with van der Waals surface area (Å²) < 4.78 is 5.79. The van der Waals surface area contributed by atoms with Crippen LogP contribution in [-0.4, -0.2) is 35.4 Å². The average molecular weight is 540 g/mol. The fourth-order valence-electron chi connectivity index (χ4n) is 4.69. The maximum absolute atomic E-state index is 13.7. The molecule has 0 aliphatic heterocycles. The van der Waals surface area contributed by atoms with E-state index in [1.807, 2.05) is 60.7 Å². The Morgan fingerprint density at radius 3 is 2.19 bits per heavy atom. The highest BCUT2D eigenvalue weighted by Crippen LogP contribution is 2.28. The van der Waals surface area contributed by atoms with E-state index in [1.165, 1.54) is 6.42 Å². The first-order valence-corrected chi connectivity index (χ1v) is 13.5. The van der Waals surface area contributed by atoms with Crippen molar-refractivity contribution in [3.8, 4) is 5.75 Å². The van der Waals surface area contributed by atoms with Crippen LogP contribution in [0.4, 0.5) is 0 Å². The van der Waals surface area contributed by atoms with Crippen LogP contribution in [0.25, 0.3) is 0 Å². The lowest BCUT2D eigenvalue weighted by atomic mass is 9.94. The minimum Gasteiger partial charge on any atom is -0.482 e. The van der Waals surface area contributed by atoms with Crippen LogP contribution < -0.4 is 10.1 Å². The molecule has 3 aromatic carbocycles. The summed E-state index contributed by atoms with van der Waals surface area (Å²) in [6.07, 6.45) is 5.75. The third kappa shape index (κ3) is 7.98. The average Bonchev–Trinajstić information content (AvgIpc) is 2.91. The highest BCUT2D eigenvalue weighted by Gasteiger charge is 2.32. The maximum Gasteiger partial charge on any atom is 0.261 e. The molecule has 1 fully saturated rings. The Labute approximate surface area is 228 Å². The van der Waals surface area contributed by atoms with Crippen LogP contribution in [-0.2, 0) is 22.6 Å². The number of halogens is 2. The molecule has 7 heteroatoms. The molecule has 0 heterocycles. The summed E-state index contributed by atoms with van der Waals surface area (Å²) in [5.41, 5.74) is 1.92. The second-order valence-corrected chi connectivity index (χ2v) is 10.3. The molecule has 0 radical (unpaired) electrons. The first-order valence-electron chi connectivity index (χ1n) is 12.7. The molecule has 3 aromatic rings. The molecule has 2 amide bonds. The molecule has 0 aromatic heterocycles. The Morgan fingerprint density at radius 1 is 0.892 bits per heavy atom. The molecule has 37 heavy (non-hydrogen) atoms. The van der Waals surface area contributed by atoms with Crippen LogP contribution in [0.15, 0.2) is 78.9 Å². The zero-order chi connectivity index (χ0) is 26.0. The molecule has 0 unspecified atom stereocenters. The van der Waals surface area contributed by atoms with Gasteiger partial charge in [-0.15, -0.1) is 0 Å². The van der Waals surface area contributed by atoms with Crippen LogP contribution in [0.3, 0.4) is 0 Å². The number of amides is 2. The van der Waals surface area contributed by atoms with Crippen LogP contribution in [0.5, 0.6) is 5.75 Å². The van der Waals surface area contributed by atoms with Crippen LogP contribution in [0.1, 0.15) is 43.2 Å². The van der Waals surface area contributed by atoms with Crippen LogP contribution >= 0.6 is 23.2 Å². The topological polar surface area (TPSA) is 58.6 Å². The van der Waals surface area contributed by atoms with Crippen molar-refractivity contribution in [1.29, 1.82) is 0 Å². The van der Waals surface area contributed by atoms with Gasteiger partial charge in [0.2, 0.25) is 5.91 Å². The zero-order valence-corrected chi connectivity index (χ0v) is 22.3. The van der Waals surface area contributed by atoms with Crippen molar-refractivity contribution < 1.29 is 14.3 Å². The second-order valence-electron chi connectivity index (χ2n) is 9.42. The third-order valence-corrected chi connectivity index (χ3v) is 7.19. The monoisotopic (exact) mass is 538 g/mol. The number of carbonyl (C=O) groups is 2.